The molecular formula is C67H94N4O13. The van der Waals surface area contributed by atoms with Crippen LogP contribution >= 0.6 is 0 Å². The fraction of sp³-hybridized carbons (Fsp3) is 0.537. The van der Waals surface area contributed by atoms with E-state index in [1.54, 1.807) is 72.8 Å². The lowest BCUT2D eigenvalue weighted by molar-refractivity contribution is -0.153. The number of esters is 6. The number of nitrogen functional groups attached to an aromatic ring is 3. The number of nitrogens with two attached hydrogens (primary N) is 3. The fourth-order valence-corrected chi connectivity index (χ4v) is 9.13. The first-order valence-electron chi connectivity index (χ1n) is 30.7. The summed E-state index contributed by atoms with van der Waals surface area (Å²) in [4.78, 5) is 86.3. The van der Waals surface area contributed by atoms with Crippen LogP contribution in [0.4, 0.5) is 22.7 Å². The minimum Gasteiger partial charge on any atom is -0.459 e. The van der Waals surface area contributed by atoms with Crippen LogP contribution in [0.25, 0.3) is 0 Å². The Balaban J connectivity index is 0.000000441. The number of hydrogen-bond acceptors (Lipinski definition) is 17. The van der Waals surface area contributed by atoms with Gasteiger partial charge in [-0.25, -0.2) is 24.0 Å². The number of benzene rings is 4. The predicted octanol–water partition coefficient (Wildman–Crippen LogP) is 15.2. The first-order chi connectivity index (χ1) is 40.8. The third kappa shape index (κ3) is 34.8. The smallest absolute Gasteiger partial charge is 0.349 e. The summed E-state index contributed by atoms with van der Waals surface area (Å²) in [6, 6.07) is 26.2. The van der Waals surface area contributed by atoms with Crippen LogP contribution in [0.15, 0.2) is 102 Å². The van der Waals surface area contributed by atoms with Gasteiger partial charge in [0.1, 0.15) is 23.7 Å². The second-order valence-electron chi connectivity index (χ2n) is 21.3. The van der Waals surface area contributed by atoms with E-state index in [-0.39, 0.29) is 42.3 Å². The van der Waals surface area contributed by atoms with Crippen LogP contribution in [0.3, 0.4) is 0 Å². The second kappa shape index (κ2) is 45.0. The maximum Gasteiger partial charge on any atom is 0.349 e. The number of nitrogens with zero attached hydrogens (tertiary/aromatic N) is 1. The Morgan fingerprint density at radius 1 is 0.393 bits per heavy atom. The molecule has 0 unspecified atom stereocenters. The lowest BCUT2D eigenvalue weighted by atomic mass is 10.0. The molecule has 6 N–H and O–H groups in total. The Kier molecular flexibility index (Phi) is 37.9. The predicted molar refractivity (Wildman–Crippen MR) is 328 cm³/mol. The van der Waals surface area contributed by atoms with E-state index < -0.39 is 31.1 Å². The van der Waals surface area contributed by atoms with Crippen LogP contribution < -0.4 is 26.7 Å². The molecule has 0 radical (unpaired) electrons. The number of isocyanates is 1. The van der Waals surface area contributed by atoms with Gasteiger partial charge in [0.2, 0.25) is 6.08 Å². The topological polar surface area (TPSA) is 265 Å². The van der Waals surface area contributed by atoms with Crippen molar-refractivity contribution in [1.29, 1.82) is 0 Å². The number of carbonyl (C=O) groups excluding carboxylic acids is 7. The third-order valence-corrected chi connectivity index (χ3v) is 14.0. The number of carbonyl (C=O) groups is 6. The van der Waals surface area contributed by atoms with Crippen LogP contribution in [0.2, 0.25) is 0 Å². The summed E-state index contributed by atoms with van der Waals surface area (Å²) >= 11 is 0. The molecule has 2 atom stereocenters. The number of aliphatic imine (C=N–C) groups is 1. The van der Waals surface area contributed by atoms with E-state index in [4.69, 9.17) is 45.6 Å². The summed E-state index contributed by atoms with van der Waals surface area (Å²) in [6.07, 6.45) is 31.2. The molecule has 0 saturated heterocycles. The van der Waals surface area contributed by atoms with Crippen LogP contribution in [0, 0.1) is 0 Å². The van der Waals surface area contributed by atoms with Gasteiger partial charge in [0.25, 0.3) is 0 Å². The molecule has 0 fully saturated rings. The van der Waals surface area contributed by atoms with E-state index >= 15 is 0 Å². The van der Waals surface area contributed by atoms with Crippen molar-refractivity contribution in [2.75, 3.05) is 30.4 Å². The molecule has 0 aliphatic heterocycles. The standard InChI is InChI=1S/C34H46N2O7.C33H48N2O6/c1-2-3-4-11-14-30(43-34(40)27-17-19-28(35)20-18-27)15-12-9-7-5-6-8-10-13-16-32(38)41-25-33(39)42-31-23-21-29(22-24-31)36-26-37;1-2-3-4-11-14-29(41-33(38)26-17-19-27(34)20-18-26)15-12-9-7-5-6-8-10-13-16-31(36)39-25-32(37)40-30-23-21-28(35)22-24-30/h17-24,30H,2-16,25,35H2,1H3;17-24,29H,2-16,25,34-35H2,1H3/t30-;29-/m11/s1. The van der Waals surface area contributed by atoms with Gasteiger partial charge in [-0.15, -0.1) is 0 Å². The molecule has 460 valence electrons. The van der Waals surface area contributed by atoms with Gasteiger partial charge in [-0.3, -0.25) is 9.59 Å². The molecule has 0 aromatic heterocycles. The molecule has 0 amide bonds. The van der Waals surface area contributed by atoms with Gasteiger partial charge in [0, 0.05) is 29.9 Å². The molecular weight excluding hydrogens is 1070 g/mol. The molecule has 0 aliphatic carbocycles. The second-order valence-corrected chi connectivity index (χ2v) is 21.3. The average molecular weight is 1160 g/mol. The Bertz CT molecular complexity index is 2510. The number of unbranched alkanes of at least 4 members (excludes halogenated alkanes) is 20. The largest absolute Gasteiger partial charge is 0.459 e. The van der Waals surface area contributed by atoms with Crippen molar-refractivity contribution >= 4 is 64.6 Å². The van der Waals surface area contributed by atoms with Crippen molar-refractivity contribution < 1.29 is 62.0 Å². The van der Waals surface area contributed by atoms with Gasteiger partial charge in [0.05, 0.1) is 16.8 Å². The van der Waals surface area contributed by atoms with Crippen LogP contribution in [-0.4, -0.2) is 67.3 Å². The van der Waals surface area contributed by atoms with Crippen molar-refractivity contribution in [3.8, 4) is 11.5 Å². The van der Waals surface area contributed by atoms with Crippen LogP contribution in [0.5, 0.6) is 11.5 Å². The number of rotatable bonds is 43. The zero-order chi connectivity index (χ0) is 60.8. The van der Waals surface area contributed by atoms with Gasteiger partial charge in [-0.1, -0.05) is 129 Å². The van der Waals surface area contributed by atoms with Crippen molar-refractivity contribution in [3.63, 3.8) is 0 Å². The highest BCUT2D eigenvalue weighted by Crippen LogP contribution is 2.22. The fourth-order valence-electron chi connectivity index (χ4n) is 9.13. The van der Waals surface area contributed by atoms with E-state index in [9.17, 15) is 33.6 Å². The first-order valence-corrected chi connectivity index (χ1v) is 30.7. The van der Waals surface area contributed by atoms with E-state index in [1.165, 1.54) is 62.4 Å². The monoisotopic (exact) mass is 1160 g/mol. The summed E-state index contributed by atoms with van der Waals surface area (Å²) in [6.45, 7) is 3.53. The number of anilines is 3. The van der Waals surface area contributed by atoms with Gasteiger partial charge >= 0.3 is 35.8 Å². The molecule has 17 heteroatoms. The Morgan fingerprint density at radius 3 is 1.02 bits per heavy atom. The first kappa shape index (κ1) is 70.7. The Hall–Kier alpha value is -7.52. The SMILES string of the molecule is CCCCCC[C@H](CCCCCCCCCCC(=O)OCC(=O)Oc1ccc(N)cc1)OC(=O)c1ccc(N)cc1.CCCCCC[C@H](CCCCCCCCCCC(=O)OCC(=O)Oc1ccc(N=C=O)cc1)OC(=O)c1ccc(N)cc1. The lowest BCUT2D eigenvalue weighted by Gasteiger charge is -2.18. The zero-order valence-electron chi connectivity index (χ0n) is 50.0. The summed E-state index contributed by atoms with van der Waals surface area (Å²) in [5.74, 6) is -2.03. The van der Waals surface area contributed by atoms with E-state index in [2.05, 4.69) is 18.8 Å². The van der Waals surface area contributed by atoms with Gasteiger partial charge in [0.15, 0.2) is 13.2 Å². The van der Waals surface area contributed by atoms with Gasteiger partial charge in [-0.2, -0.15) is 4.99 Å². The van der Waals surface area contributed by atoms with E-state index in [0.29, 0.717) is 52.5 Å². The minimum atomic E-state index is -0.678. The molecule has 4 aromatic rings. The summed E-state index contributed by atoms with van der Waals surface area (Å²) in [5.41, 5.74) is 20.4. The van der Waals surface area contributed by atoms with E-state index in [0.717, 1.165) is 141 Å². The number of ether oxygens (including phenoxy) is 6. The van der Waals surface area contributed by atoms with Crippen molar-refractivity contribution in [1.82, 2.24) is 0 Å². The Morgan fingerprint density at radius 2 is 0.690 bits per heavy atom. The zero-order valence-corrected chi connectivity index (χ0v) is 50.0. The van der Waals surface area contributed by atoms with Crippen molar-refractivity contribution in [3.05, 3.63) is 108 Å². The molecule has 4 rings (SSSR count). The highest BCUT2D eigenvalue weighted by atomic mass is 16.6. The maximum absolute atomic E-state index is 12.6. The van der Waals surface area contributed by atoms with E-state index in [1.807, 2.05) is 0 Å². The highest BCUT2D eigenvalue weighted by Gasteiger charge is 2.18. The molecule has 0 spiro atoms. The molecule has 0 bridgehead atoms. The maximum atomic E-state index is 12.6. The number of hydrogen-bond donors (Lipinski definition) is 3. The minimum absolute atomic E-state index is 0.0452. The van der Waals surface area contributed by atoms with Crippen LogP contribution in [-0.2, 0) is 42.9 Å². The van der Waals surface area contributed by atoms with Crippen molar-refractivity contribution in [2.45, 2.75) is 219 Å². The summed E-state index contributed by atoms with van der Waals surface area (Å²) in [7, 11) is 0. The normalized spacial score (nSPS) is 11.4. The molecule has 84 heavy (non-hydrogen) atoms. The van der Waals surface area contributed by atoms with Gasteiger partial charge < -0.3 is 45.6 Å². The summed E-state index contributed by atoms with van der Waals surface area (Å²) < 4.78 is 31.9. The van der Waals surface area contributed by atoms with Crippen LogP contribution in [0.1, 0.15) is 227 Å². The van der Waals surface area contributed by atoms with Gasteiger partial charge in [-0.05, 0) is 161 Å². The third-order valence-electron chi connectivity index (χ3n) is 14.0. The lowest BCUT2D eigenvalue weighted by Crippen LogP contribution is -2.18. The molecule has 0 aliphatic rings. The quantitative estimate of drug-likeness (QED) is 0.00707. The molecule has 4 aromatic carbocycles. The molecule has 0 heterocycles. The Labute approximate surface area is 498 Å². The molecule has 17 nitrogen and oxygen atoms in total. The molecule has 0 saturated carbocycles. The average Bonchev–Trinajstić information content (AvgIpc) is 3.64. The van der Waals surface area contributed by atoms with Crippen molar-refractivity contribution in [2.24, 2.45) is 4.99 Å². The highest BCUT2D eigenvalue weighted by molar-refractivity contribution is 5.90. The summed E-state index contributed by atoms with van der Waals surface area (Å²) in [5, 5.41) is 0.